The van der Waals surface area contributed by atoms with E-state index in [-0.39, 0.29) is 29.2 Å². The second-order valence-electron chi connectivity index (χ2n) is 9.36. The minimum Gasteiger partial charge on any atom is -0.511 e. The Morgan fingerprint density at radius 2 is 1.87 bits per heavy atom. The zero-order chi connectivity index (χ0) is 22.2. The van der Waals surface area contributed by atoms with Crippen LogP contribution in [0.4, 0.5) is 5.69 Å². The molecule has 2 aromatic rings. The van der Waals surface area contributed by atoms with Crippen LogP contribution in [0.1, 0.15) is 73.3 Å². The van der Waals surface area contributed by atoms with Crippen LogP contribution >= 0.6 is 0 Å². The number of rotatable bonds is 4. The average molecular weight is 421 g/mol. The van der Waals surface area contributed by atoms with E-state index in [1.54, 1.807) is 0 Å². The van der Waals surface area contributed by atoms with Gasteiger partial charge in [-0.25, -0.2) is 0 Å². The maximum Gasteiger partial charge on any atom is 0.168 e. The van der Waals surface area contributed by atoms with Crippen LogP contribution in [-0.2, 0) is 17.6 Å². The van der Waals surface area contributed by atoms with Crippen LogP contribution in [0.25, 0.3) is 0 Å². The Labute approximate surface area is 182 Å². The SMILES string of the molecule is Cc1ccc(N=C2CCCC(=O)C2=C(O)CCc2noc3c2C(=O)CC(C)(C)C3)cc1. The number of ketones is 2. The zero-order valence-electron chi connectivity index (χ0n) is 18.3. The number of carbonyl (C=O) groups excluding carboxylic acids is 2. The summed E-state index contributed by atoms with van der Waals surface area (Å²) in [6.07, 6.45) is 3.44. The molecule has 0 unspecified atom stereocenters. The number of aliphatic hydroxyl groups excluding tert-OH is 1. The van der Waals surface area contributed by atoms with Crippen LogP contribution in [0.5, 0.6) is 0 Å². The van der Waals surface area contributed by atoms with E-state index in [0.29, 0.717) is 60.4 Å². The molecule has 1 N–H and O–H groups in total. The van der Waals surface area contributed by atoms with Gasteiger partial charge in [0.2, 0.25) is 0 Å². The fourth-order valence-corrected chi connectivity index (χ4v) is 4.39. The Bertz CT molecular complexity index is 1090. The molecule has 1 fully saturated rings. The summed E-state index contributed by atoms with van der Waals surface area (Å²) >= 11 is 0. The standard InChI is InChI=1S/C25H28N2O4/c1-15-7-9-16(10-8-15)26-17-5-4-6-19(28)23(17)20(29)12-11-18-24-21(30)13-25(2,3)14-22(24)31-27-18/h7-10,29H,4-6,11-14H2,1-3H3. The molecule has 0 aliphatic heterocycles. The first-order chi connectivity index (χ1) is 14.7. The number of hydrogen-bond acceptors (Lipinski definition) is 6. The first kappa shape index (κ1) is 21.2. The normalized spacial score (nSPS) is 21.3. The molecule has 2 aliphatic rings. The molecule has 1 aromatic carbocycles. The molecular formula is C25H28N2O4. The van der Waals surface area contributed by atoms with E-state index in [9.17, 15) is 14.7 Å². The van der Waals surface area contributed by atoms with Crippen molar-refractivity contribution >= 4 is 23.0 Å². The second-order valence-corrected chi connectivity index (χ2v) is 9.36. The van der Waals surface area contributed by atoms with E-state index in [0.717, 1.165) is 17.7 Å². The van der Waals surface area contributed by atoms with Crippen LogP contribution in [0, 0.1) is 12.3 Å². The zero-order valence-corrected chi connectivity index (χ0v) is 18.3. The minimum atomic E-state index is -0.138. The molecule has 0 amide bonds. The predicted molar refractivity (Wildman–Crippen MR) is 118 cm³/mol. The van der Waals surface area contributed by atoms with Crippen molar-refractivity contribution < 1.29 is 19.2 Å². The van der Waals surface area contributed by atoms with Crippen molar-refractivity contribution in [3.05, 3.63) is 58.2 Å². The fourth-order valence-electron chi connectivity index (χ4n) is 4.39. The van der Waals surface area contributed by atoms with Gasteiger partial charge in [-0.3, -0.25) is 14.6 Å². The van der Waals surface area contributed by atoms with Crippen LogP contribution < -0.4 is 0 Å². The first-order valence-corrected chi connectivity index (χ1v) is 10.8. The molecule has 162 valence electrons. The predicted octanol–water partition coefficient (Wildman–Crippen LogP) is 5.41. The van der Waals surface area contributed by atoms with E-state index in [4.69, 9.17) is 4.52 Å². The molecule has 1 heterocycles. The third-order valence-corrected chi connectivity index (χ3v) is 5.96. The lowest BCUT2D eigenvalue weighted by molar-refractivity contribution is -0.115. The molecule has 6 nitrogen and oxygen atoms in total. The molecule has 1 aromatic heterocycles. The smallest absolute Gasteiger partial charge is 0.168 e. The van der Waals surface area contributed by atoms with Crippen molar-refractivity contribution in [2.45, 2.75) is 65.7 Å². The molecule has 31 heavy (non-hydrogen) atoms. The number of aromatic nitrogens is 1. The summed E-state index contributed by atoms with van der Waals surface area (Å²) in [6.45, 7) is 6.08. The summed E-state index contributed by atoms with van der Waals surface area (Å²) in [4.78, 5) is 29.9. The van der Waals surface area contributed by atoms with Crippen LogP contribution in [0.3, 0.4) is 0 Å². The molecule has 1 saturated carbocycles. The van der Waals surface area contributed by atoms with Gasteiger partial charge in [0, 0.05) is 32.1 Å². The topological polar surface area (TPSA) is 92.8 Å². The molecule has 6 heteroatoms. The van der Waals surface area contributed by atoms with Crippen molar-refractivity contribution in [2.24, 2.45) is 10.4 Å². The van der Waals surface area contributed by atoms with E-state index in [2.05, 4.69) is 10.1 Å². The fraction of sp³-hybridized carbons (Fsp3) is 0.440. The van der Waals surface area contributed by atoms with Gasteiger partial charge in [0.05, 0.1) is 28.2 Å². The summed E-state index contributed by atoms with van der Waals surface area (Å²) in [6, 6.07) is 7.76. The third kappa shape index (κ3) is 4.53. The van der Waals surface area contributed by atoms with Crippen LogP contribution in [0.2, 0.25) is 0 Å². The molecule has 4 rings (SSSR count). The number of fused-ring (bicyclic) bond motifs is 1. The van der Waals surface area contributed by atoms with Gasteiger partial charge in [0.15, 0.2) is 11.6 Å². The Kier molecular flexibility index (Phi) is 5.65. The second kappa shape index (κ2) is 8.25. The van der Waals surface area contributed by atoms with Crippen LogP contribution in [0.15, 0.2) is 45.1 Å². The van der Waals surface area contributed by atoms with Gasteiger partial charge in [0.25, 0.3) is 0 Å². The number of aliphatic imine (C=N–C) groups is 1. The molecule has 0 spiro atoms. The van der Waals surface area contributed by atoms with Gasteiger partial charge in [-0.15, -0.1) is 0 Å². The number of nitrogens with zero attached hydrogens (tertiary/aromatic N) is 2. The van der Waals surface area contributed by atoms with Crippen molar-refractivity contribution in [1.29, 1.82) is 0 Å². The maximum absolute atomic E-state index is 12.6. The molecule has 2 aliphatic carbocycles. The molecule has 0 atom stereocenters. The van der Waals surface area contributed by atoms with Crippen molar-refractivity contribution in [2.75, 3.05) is 0 Å². The lowest BCUT2D eigenvalue weighted by Gasteiger charge is -2.26. The van der Waals surface area contributed by atoms with Gasteiger partial charge in [-0.2, -0.15) is 0 Å². The lowest BCUT2D eigenvalue weighted by atomic mass is 9.76. The van der Waals surface area contributed by atoms with Gasteiger partial charge < -0.3 is 9.63 Å². The Morgan fingerprint density at radius 1 is 1.13 bits per heavy atom. The minimum absolute atomic E-state index is 0.0101. The van der Waals surface area contributed by atoms with E-state index >= 15 is 0 Å². The van der Waals surface area contributed by atoms with Crippen molar-refractivity contribution in [3.63, 3.8) is 0 Å². The van der Waals surface area contributed by atoms with Crippen LogP contribution in [-0.4, -0.2) is 27.5 Å². The van der Waals surface area contributed by atoms with E-state index in [1.807, 2.05) is 45.0 Å². The average Bonchev–Trinajstić information content (AvgIpc) is 3.10. The van der Waals surface area contributed by atoms with Gasteiger partial charge in [-0.1, -0.05) is 36.7 Å². The highest BCUT2D eigenvalue weighted by atomic mass is 16.5. The number of benzene rings is 1. The molecule has 0 radical (unpaired) electrons. The number of Topliss-reactive ketones (excluding diaryl/α,β-unsaturated/α-hetero) is 2. The monoisotopic (exact) mass is 420 g/mol. The quantitative estimate of drug-likeness (QED) is 0.527. The third-order valence-electron chi connectivity index (χ3n) is 5.96. The summed E-state index contributed by atoms with van der Waals surface area (Å²) in [7, 11) is 0. The largest absolute Gasteiger partial charge is 0.511 e. The molecule has 0 saturated heterocycles. The number of carbonyl (C=O) groups is 2. The van der Waals surface area contributed by atoms with Gasteiger partial charge in [-0.05, 0) is 37.3 Å². The number of hydrogen-bond donors (Lipinski definition) is 1. The number of aliphatic hydroxyl groups is 1. The van der Waals surface area contributed by atoms with E-state index < -0.39 is 0 Å². The van der Waals surface area contributed by atoms with Crippen molar-refractivity contribution in [3.8, 4) is 0 Å². The maximum atomic E-state index is 12.6. The molecule has 0 bridgehead atoms. The van der Waals surface area contributed by atoms with Crippen molar-refractivity contribution in [1.82, 2.24) is 5.16 Å². The highest BCUT2D eigenvalue weighted by Crippen LogP contribution is 2.36. The summed E-state index contributed by atoms with van der Waals surface area (Å²) in [5.41, 5.74) is 3.81. The highest BCUT2D eigenvalue weighted by Gasteiger charge is 2.36. The first-order valence-electron chi connectivity index (χ1n) is 10.8. The van der Waals surface area contributed by atoms with Gasteiger partial charge in [0.1, 0.15) is 11.5 Å². The highest BCUT2D eigenvalue weighted by molar-refractivity contribution is 6.24. The summed E-state index contributed by atoms with van der Waals surface area (Å²) < 4.78 is 5.44. The Hall–Kier alpha value is -3.02. The Morgan fingerprint density at radius 3 is 2.61 bits per heavy atom. The summed E-state index contributed by atoms with van der Waals surface area (Å²) in [5, 5.41) is 14.9. The summed E-state index contributed by atoms with van der Waals surface area (Å²) in [5.74, 6) is 0.578. The van der Waals surface area contributed by atoms with Gasteiger partial charge >= 0.3 is 0 Å². The number of aryl methyl sites for hydroxylation is 2. The molecular weight excluding hydrogens is 392 g/mol. The Balaban J connectivity index is 1.58. The number of allylic oxidation sites excluding steroid dienone is 2. The van der Waals surface area contributed by atoms with E-state index in [1.165, 1.54) is 0 Å². The lowest BCUT2D eigenvalue weighted by Crippen LogP contribution is -2.26.